The Bertz CT molecular complexity index is 1610. The molecule has 1 aliphatic rings. The number of hydrogen-bond acceptors (Lipinski definition) is 9. The van der Waals surface area contributed by atoms with Crippen molar-refractivity contribution in [3.63, 3.8) is 0 Å². The molecule has 1 atom stereocenters. The van der Waals surface area contributed by atoms with Crippen molar-refractivity contribution in [3.05, 3.63) is 89.0 Å². The van der Waals surface area contributed by atoms with Crippen LogP contribution in [0.15, 0.2) is 68.0 Å². The third-order valence-corrected chi connectivity index (χ3v) is 7.35. The zero-order valence-electron chi connectivity index (χ0n) is 21.9. The maximum atomic E-state index is 13.8. The molecule has 11 heteroatoms. The molecule has 0 saturated heterocycles. The number of halogens is 1. The second kappa shape index (κ2) is 12.4. The van der Waals surface area contributed by atoms with Crippen molar-refractivity contribution in [1.82, 2.24) is 4.57 Å². The first-order valence-corrected chi connectivity index (χ1v) is 13.8. The zero-order chi connectivity index (χ0) is 28.1. The van der Waals surface area contributed by atoms with Crippen molar-refractivity contribution >= 4 is 45.3 Å². The van der Waals surface area contributed by atoms with Gasteiger partial charge >= 0.3 is 11.9 Å². The van der Waals surface area contributed by atoms with Gasteiger partial charge in [0.15, 0.2) is 22.9 Å². The van der Waals surface area contributed by atoms with Crippen LogP contribution in [0.3, 0.4) is 0 Å². The number of hydrogen-bond donors (Lipinski definition) is 0. The van der Waals surface area contributed by atoms with E-state index in [-0.39, 0.29) is 24.3 Å². The highest BCUT2D eigenvalue weighted by Crippen LogP contribution is 2.36. The van der Waals surface area contributed by atoms with E-state index in [1.54, 1.807) is 38.1 Å². The van der Waals surface area contributed by atoms with Crippen LogP contribution in [0.2, 0.25) is 0 Å². The Morgan fingerprint density at radius 1 is 1.08 bits per heavy atom. The fourth-order valence-electron chi connectivity index (χ4n) is 4.10. The van der Waals surface area contributed by atoms with Gasteiger partial charge < -0.3 is 18.9 Å². The van der Waals surface area contributed by atoms with Crippen LogP contribution in [0.1, 0.15) is 37.9 Å². The van der Waals surface area contributed by atoms with Gasteiger partial charge in [-0.1, -0.05) is 45.5 Å². The van der Waals surface area contributed by atoms with Gasteiger partial charge in [0.2, 0.25) is 0 Å². The Hall–Kier alpha value is -3.70. The van der Waals surface area contributed by atoms with Gasteiger partial charge in [-0.2, -0.15) is 0 Å². The molecule has 0 aliphatic carbocycles. The molecule has 2 heterocycles. The molecule has 0 amide bonds. The van der Waals surface area contributed by atoms with Crippen molar-refractivity contribution in [2.75, 3.05) is 26.9 Å². The molecule has 204 valence electrons. The highest BCUT2D eigenvalue weighted by atomic mass is 79.9. The standard InChI is InChI=1S/C28H27BrN2O7S/c1-5-36-21-14-18(9-12-20(21)38-15-23(32)35-4)25-24(27(34)37-6-2)16(3)30-28-31(25)26(33)22(39-28)13-17-7-10-19(29)11-8-17/h7-14,25H,5-6,15H2,1-4H3/b22-13-/t25-/m1/s1. The molecule has 0 bridgehead atoms. The van der Waals surface area contributed by atoms with E-state index < -0.39 is 18.0 Å². The minimum atomic E-state index is -0.818. The molecule has 0 N–H and O–H groups in total. The van der Waals surface area contributed by atoms with Gasteiger partial charge in [-0.3, -0.25) is 9.36 Å². The maximum Gasteiger partial charge on any atom is 0.343 e. The maximum absolute atomic E-state index is 13.8. The molecule has 3 aromatic rings. The van der Waals surface area contributed by atoms with Gasteiger partial charge in [0, 0.05) is 4.47 Å². The highest BCUT2D eigenvalue weighted by Gasteiger charge is 2.34. The second-order valence-electron chi connectivity index (χ2n) is 8.36. The summed E-state index contributed by atoms with van der Waals surface area (Å²) >= 11 is 4.67. The Balaban J connectivity index is 1.89. The average Bonchev–Trinajstić information content (AvgIpc) is 3.22. The van der Waals surface area contributed by atoms with Crippen LogP contribution in [-0.2, 0) is 19.1 Å². The minimum absolute atomic E-state index is 0.167. The number of esters is 2. The SMILES string of the molecule is CCOC(=O)C1=C(C)N=c2s/c(=C\c3ccc(Br)cc3)c(=O)n2[C@@H]1c1ccc(OCC(=O)OC)c(OCC)c1. The number of fused-ring (bicyclic) bond motifs is 1. The largest absolute Gasteiger partial charge is 0.490 e. The molecular formula is C28H27BrN2O7S. The molecule has 1 aliphatic heterocycles. The van der Waals surface area contributed by atoms with Crippen molar-refractivity contribution in [3.8, 4) is 11.5 Å². The monoisotopic (exact) mass is 614 g/mol. The first kappa shape index (κ1) is 28.3. The Kier molecular flexibility index (Phi) is 9.03. The number of allylic oxidation sites excluding steroid dienone is 1. The van der Waals surface area contributed by atoms with Gasteiger partial charge in [0.05, 0.1) is 42.2 Å². The van der Waals surface area contributed by atoms with Gasteiger partial charge in [-0.15, -0.1) is 0 Å². The van der Waals surface area contributed by atoms with E-state index >= 15 is 0 Å². The lowest BCUT2D eigenvalue weighted by Gasteiger charge is -2.25. The third-order valence-electron chi connectivity index (χ3n) is 5.84. The summed E-state index contributed by atoms with van der Waals surface area (Å²) in [7, 11) is 1.27. The van der Waals surface area contributed by atoms with Crippen LogP contribution < -0.4 is 24.4 Å². The molecule has 39 heavy (non-hydrogen) atoms. The number of nitrogens with zero attached hydrogens (tertiary/aromatic N) is 2. The number of carbonyl (C=O) groups is 2. The molecule has 4 rings (SSSR count). The molecular weight excluding hydrogens is 588 g/mol. The minimum Gasteiger partial charge on any atom is -0.490 e. The number of rotatable bonds is 9. The molecule has 0 radical (unpaired) electrons. The van der Waals surface area contributed by atoms with Gasteiger partial charge in [-0.05, 0) is 62.2 Å². The van der Waals surface area contributed by atoms with E-state index in [0.717, 1.165) is 10.0 Å². The smallest absolute Gasteiger partial charge is 0.343 e. The van der Waals surface area contributed by atoms with Gasteiger partial charge in [0.25, 0.3) is 5.56 Å². The number of aromatic nitrogens is 1. The van der Waals surface area contributed by atoms with Crippen LogP contribution in [0.25, 0.3) is 6.08 Å². The summed E-state index contributed by atoms with van der Waals surface area (Å²) in [6.45, 7) is 5.46. The first-order valence-electron chi connectivity index (χ1n) is 12.2. The van der Waals surface area contributed by atoms with E-state index in [0.29, 0.717) is 38.7 Å². The summed E-state index contributed by atoms with van der Waals surface area (Å²) in [6.07, 6.45) is 1.80. The summed E-state index contributed by atoms with van der Waals surface area (Å²) < 4.78 is 24.3. The van der Waals surface area contributed by atoms with Crippen LogP contribution >= 0.6 is 27.3 Å². The quantitative estimate of drug-likeness (QED) is 0.340. The lowest BCUT2D eigenvalue weighted by atomic mass is 9.95. The number of methoxy groups -OCH3 is 1. The summed E-state index contributed by atoms with van der Waals surface area (Å²) in [5.41, 5.74) is 1.87. The summed E-state index contributed by atoms with van der Waals surface area (Å²) in [4.78, 5) is 43.6. The summed E-state index contributed by atoms with van der Waals surface area (Å²) in [5.74, 6) is -0.418. The third kappa shape index (κ3) is 6.15. The Morgan fingerprint density at radius 2 is 1.82 bits per heavy atom. The summed E-state index contributed by atoms with van der Waals surface area (Å²) in [5, 5.41) is 0. The Labute approximate surface area is 237 Å². The fraction of sp³-hybridized carbons (Fsp3) is 0.286. The highest BCUT2D eigenvalue weighted by molar-refractivity contribution is 9.10. The predicted octanol–water partition coefficient (Wildman–Crippen LogP) is 3.51. The van der Waals surface area contributed by atoms with Crippen LogP contribution in [-0.4, -0.2) is 43.4 Å². The van der Waals surface area contributed by atoms with Crippen LogP contribution in [0, 0.1) is 0 Å². The van der Waals surface area contributed by atoms with E-state index in [1.165, 1.54) is 23.0 Å². The van der Waals surface area contributed by atoms with Crippen LogP contribution in [0.4, 0.5) is 0 Å². The van der Waals surface area contributed by atoms with E-state index in [9.17, 15) is 14.4 Å². The number of benzene rings is 2. The lowest BCUT2D eigenvalue weighted by Crippen LogP contribution is -2.40. The van der Waals surface area contributed by atoms with E-state index in [2.05, 4.69) is 25.7 Å². The predicted molar refractivity (Wildman–Crippen MR) is 150 cm³/mol. The molecule has 1 aromatic heterocycles. The number of ether oxygens (including phenoxy) is 4. The molecule has 0 unspecified atom stereocenters. The van der Waals surface area contributed by atoms with Gasteiger partial charge in [0.1, 0.15) is 0 Å². The fourth-order valence-corrected chi connectivity index (χ4v) is 5.41. The molecule has 0 fully saturated rings. The number of thiazole rings is 1. The van der Waals surface area contributed by atoms with Crippen molar-refractivity contribution in [2.24, 2.45) is 4.99 Å². The number of carbonyl (C=O) groups excluding carboxylic acids is 2. The zero-order valence-corrected chi connectivity index (χ0v) is 24.3. The normalized spacial score (nSPS) is 14.9. The molecule has 0 spiro atoms. The van der Waals surface area contributed by atoms with Crippen molar-refractivity contribution in [2.45, 2.75) is 26.8 Å². The lowest BCUT2D eigenvalue weighted by molar-refractivity contribution is -0.143. The second-order valence-corrected chi connectivity index (χ2v) is 10.3. The first-order chi connectivity index (χ1) is 18.8. The van der Waals surface area contributed by atoms with Gasteiger partial charge in [-0.25, -0.2) is 14.6 Å². The Morgan fingerprint density at radius 3 is 2.49 bits per heavy atom. The van der Waals surface area contributed by atoms with E-state index in [1.807, 2.05) is 31.2 Å². The average molecular weight is 616 g/mol. The topological polar surface area (TPSA) is 105 Å². The molecule has 9 nitrogen and oxygen atoms in total. The van der Waals surface area contributed by atoms with Crippen molar-refractivity contribution < 1.29 is 28.5 Å². The molecule has 0 saturated carbocycles. The van der Waals surface area contributed by atoms with Crippen LogP contribution in [0.5, 0.6) is 11.5 Å². The summed E-state index contributed by atoms with van der Waals surface area (Å²) in [6, 6.07) is 11.8. The van der Waals surface area contributed by atoms with Crippen molar-refractivity contribution in [1.29, 1.82) is 0 Å². The molecule has 2 aromatic carbocycles. The van der Waals surface area contributed by atoms with E-state index in [4.69, 9.17) is 14.2 Å².